The summed E-state index contributed by atoms with van der Waals surface area (Å²) in [7, 11) is 1.38. The van der Waals surface area contributed by atoms with Crippen LogP contribution in [-0.4, -0.2) is 29.7 Å². The second-order valence-corrected chi connectivity index (χ2v) is 5.30. The van der Waals surface area contributed by atoms with Gasteiger partial charge in [0.15, 0.2) is 0 Å². The van der Waals surface area contributed by atoms with Crippen molar-refractivity contribution in [3.63, 3.8) is 0 Å². The number of carbonyl (C=O) groups excluding carboxylic acids is 3. The lowest BCUT2D eigenvalue weighted by Crippen LogP contribution is -2.36. The van der Waals surface area contributed by atoms with Gasteiger partial charge in [0.05, 0.1) is 23.8 Å². The maximum Gasteiger partial charge on any atom is 0.271 e. The molecule has 0 aromatic heterocycles. The number of rotatable bonds is 2. The van der Waals surface area contributed by atoms with Crippen LogP contribution in [0.2, 0.25) is 5.02 Å². The number of ether oxygens (including phenoxy) is 1. The smallest absolute Gasteiger partial charge is 0.271 e. The molecular formula is C16H11ClN2O4. The van der Waals surface area contributed by atoms with Crippen LogP contribution in [0.5, 0.6) is 5.75 Å². The summed E-state index contributed by atoms with van der Waals surface area (Å²) < 4.78 is 5.10. The van der Waals surface area contributed by atoms with Crippen LogP contribution in [0.3, 0.4) is 0 Å². The van der Waals surface area contributed by atoms with Crippen molar-refractivity contribution in [2.45, 2.75) is 0 Å². The molecule has 0 fully saturated rings. The Kier molecular flexibility index (Phi) is 3.54. The molecule has 0 aliphatic carbocycles. The molecule has 0 saturated heterocycles. The lowest BCUT2D eigenvalue weighted by Gasteiger charge is -2.14. The van der Waals surface area contributed by atoms with Crippen molar-refractivity contribution in [3.05, 3.63) is 58.1 Å². The minimum Gasteiger partial charge on any atom is -0.496 e. The average molecular weight is 331 g/mol. The van der Waals surface area contributed by atoms with Gasteiger partial charge in [-0.3, -0.25) is 14.4 Å². The van der Waals surface area contributed by atoms with E-state index in [2.05, 4.69) is 0 Å². The van der Waals surface area contributed by atoms with E-state index in [0.29, 0.717) is 4.90 Å². The molecule has 116 valence electrons. The number of nitrogen functional groups attached to an aromatic ring is 1. The molecule has 3 amide bonds. The van der Waals surface area contributed by atoms with E-state index in [4.69, 9.17) is 22.1 Å². The number of fused-ring (bicyclic) bond motifs is 1. The van der Waals surface area contributed by atoms with Crippen molar-refractivity contribution in [2.75, 3.05) is 12.8 Å². The largest absolute Gasteiger partial charge is 0.496 e. The number of imide groups is 3. The average Bonchev–Trinajstić information content (AvgIpc) is 2.79. The Labute approximate surface area is 136 Å². The first kappa shape index (κ1) is 15.1. The van der Waals surface area contributed by atoms with Gasteiger partial charge in [-0.1, -0.05) is 17.7 Å². The molecule has 0 atom stereocenters. The molecule has 3 rings (SSSR count). The van der Waals surface area contributed by atoms with Crippen molar-refractivity contribution in [1.29, 1.82) is 0 Å². The van der Waals surface area contributed by atoms with Crippen molar-refractivity contribution >= 4 is 35.0 Å². The van der Waals surface area contributed by atoms with Crippen molar-refractivity contribution in [1.82, 2.24) is 4.90 Å². The van der Waals surface area contributed by atoms with E-state index in [9.17, 15) is 14.4 Å². The van der Waals surface area contributed by atoms with E-state index in [1.807, 2.05) is 0 Å². The predicted molar refractivity (Wildman–Crippen MR) is 83.7 cm³/mol. The zero-order valence-electron chi connectivity index (χ0n) is 12.0. The first-order chi connectivity index (χ1) is 11.0. The standard InChI is InChI=1S/C16H11ClN2O4/c1-23-12-6-5-8(17)7-10(12)15(21)19-14(20)9-3-2-4-11(18)13(9)16(19)22/h2-7H,18H2,1H3. The maximum absolute atomic E-state index is 12.7. The van der Waals surface area contributed by atoms with Gasteiger partial charge in [-0.2, -0.15) is 0 Å². The summed E-state index contributed by atoms with van der Waals surface area (Å²) in [6.07, 6.45) is 0. The van der Waals surface area contributed by atoms with Gasteiger partial charge in [0, 0.05) is 10.7 Å². The second-order valence-electron chi connectivity index (χ2n) is 4.87. The van der Waals surface area contributed by atoms with Gasteiger partial charge in [0.1, 0.15) is 5.75 Å². The van der Waals surface area contributed by atoms with E-state index < -0.39 is 17.7 Å². The quantitative estimate of drug-likeness (QED) is 0.674. The number of methoxy groups -OCH3 is 1. The van der Waals surface area contributed by atoms with Crippen LogP contribution >= 0.6 is 11.6 Å². The van der Waals surface area contributed by atoms with Crippen LogP contribution in [0, 0.1) is 0 Å². The first-order valence-electron chi connectivity index (χ1n) is 6.61. The minimum absolute atomic E-state index is 0.0214. The highest BCUT2D eigenvalue weighted by molar-refractivity contribution is 6.34. The number of anilines is 1. The molecule has 6 nitrogen and oxygen atoms in total. The molecule has 2 aromatic carbocycles. The molecular weight excluding hydrogens is 320 g/mol. The van der Waals surface area contributed by atoms with E-state index in [-0.39, 0.29) is 33.1 Å². The summed E-state index contributed by atoms with van der Waals surface area (Å²) in [5.74, 6) is -2.07. The predicted octanol–water partition coefficient (Wildman–Crippen LogP) is 2.37. The molecule has 0 unspecified atom stereocenters. The lowest BCUT2D eigenvalue weighted by molar-refractivity contribution is 0.0565. The number of halogens is 1. The van der Waals surface area contributed by atoms with E-state index in [1.54, 1.807) is 6.07 Å². The molecule has 0 bridgehead atoms. The molecule has 1 aliphatic heterocycles. The number of nitrogens with two attached hydrogens (primary N) is 1. The number of carbonyl (C=O) groups is 3. The zero-order valence-corrected chi connectivity index (χ0v) is 12.8. The van der Waals surface area contributed by atoms with Crippen molar-refractivity contribution in [2.24, 2.45) is 0 Å². The van der Waals surface area contributed by atoms with Gasteiger partial charge < -0.3 is 10.5 Å². The summed E-state index contributed by atoms with van der Waals surface area (Å²) in [5.41, 5.74) is 6.05. The lowest BCUT2D eigenvalue weighted by atomic mass is 10.1. The number of nitrogens with zero attached hydrogens (tertiary/aromatic N) is 1. The van der Waals surface area contributed by atoms with Gasteiger partial charge in [-0.25, -0.2) is 4.90 Å². The summed E-state index contributed by atoms with van der Waals surface area (Å²) in [6.45, 7) is 0. The Morgan fingerprint density at radius 2 is 1.91 bits per heavy atom. The Balaban J connectivity index is 2.09. The fourth-order valence-electron chi connectivity index (χ4n) is 2.46. The molecule has 23 heavy (non-hydrogen) atoms. The van der Waals surface area contributed by atoms with Gasteiger partial charge in [0.2, 0.25) is 0 Å². The highest BCUT2D eigenvalue weighted by Crippen LogP contribution is 2.31. The Hall–Kier alpha value is -2.86. The van der Waals surface area contributed by atoms with Crippen LogP contribution < -0.4 is 10.5 Å². The second kappa shape index (κ2) is 5.40. The SMILES string of the molecule is COc1ccc(Cl)cc1C(=O)N1C(=O)c2cccc(N)c2C1=O. The molecule has 2 aromatic rings. The van der Waals surface area contributed by atoms with Crippen LogP contribution in [0.4, 0.5) is 5.69 Å². The van der Waals surface area contributed by atoms with Crippen molar-refractivity contribution in [3.8, 4) is 5.75 Å². The zero-order chi connectivity index (χ0) is 16.7. The van der Waals surface area contributed by atoms with Gasteiger partial charge in [0.25, 0.3) is 17.7 Å². The maximum atomic E-state index is 12.7. The number of hydrogen-bond donors (Lipinski definition) is 1. The highest BCUT2D eigenvalue weighted by atomic mass is 35.5. The molecule has 1 aliphatic rings. The third kappa shape index (κ3) is 2.24. The van der Waals surface area contributed by atoms with E-state index in [0.717, 1.165) is 0 Å². The Morgan fingerprint density at radius 1 is 1.17 bits per heavy atom. The highest BCUT2D eigenvalue weighted by Gasteiger charge is 2.42. The number of hydrogen-bond acceptors (Lipinski definition) is 5. The van der Waals surface area contributed by atoms with Crippen LogP contribution in [-0.2, 0) is 0 Å². The Morgan fingerprint density at radius 3 is 2.57 bits per heavy atom. The monoisotopic (exact) mass is 330 g/mol. The van der Waals surface area contributed by atoms with Crippen LogP contribution in [0.1, 0.15) is 31.1 Å². The normalized spacial score (nSPS) is 13.2. The Bertz CT molecular complexity index is 863. The fourth-order valence-corrected chi connectivity index (χ4v) is 2.64. The topological polar surface area (TPSA) is 89.7 Å². The van der Waals surface area contributed by atoms with Gasteiger partial charge in [-0.05, 0) is 30.3 Å². The first-order valence-corrected chi connectivity index (χ1v) is 6.98. The molecule has 7 heteroatoms. The van der Waals surface area contributed by atoms with E-state index in [1.165, 1.54) is 37.4 Å². The molecule has 0 radical (unpaired) electrons. The summed E-state index contributed by atoms with van der Waals surface area (Å²) in [4.78, 5) is 38.1. The minimum atomic E-state index is -0.810. The molecule has 2 N–H and O–H groups in total. The van der Waals surface area contributed by atoms with Crippen LogP contribution in [0.25, 0.3) is 0 Å². The third-order valence-corrected chi connectivity index (χ3v) is 3.78. The fraction of sp³-hybridized carbons (Fsp3) is 0.0625. The molecule has 1 heterocycles. The van der Waals surface area contributed by atoms with Crippen molar-refractivity contribution < 1.29 is 19.1 Å². The summed E-state index contributed by atoms with van der Waals surface area (Å²) in [6, 6.07) is 8.87. The van der Waals surface area contributed by atoms with Crippen LogP contribution in [0.15, 0.2) is 36.4 Å². The molecule has 0 spiro atoms. The third-order valence-electron chi connectivity index (χ3n) is 3.54. The van der Waals surface area contributed by atoms with Gasteiger partial charge in [-0.15, -0.1) is 0 Å². The summed E-state index contributed by atoms with van der Waals surface area (Å²) in [5, 5.41) is 0.283. The van der Waals surface area contributed by atoms with Gasteiger partial charge >= 0.3 is 0 Å². The van der Waals surface area contributed by atoms with E-state index >= 15 is 0 Å². The summed E-state index contributed by atoms with van der Waals surface area (Å²) >= 11 is 5.90. The number of benzene rings is 2. The molecule has 0 saturated carbocycles. The number of amides is 3.